The predicted octanol–water partition coefficient (Wildman–Crippen LogP) is 2.80. The van der Waals surface area contributed by atoms with Crippen LogP contribution in [0.4, 0.5) is 10.1 Å². The van der Waals surface area contributed by atoms with Gasteiger partial charge in [0.2, 0.25) is 0 Å². The Kier molecular flexibility index (Phi) is 4.46. The van der Waals surface area contributed by atoms with Crippen molar-refractivity contribution in [1.82, 2.24) is 4.90 Å². The predicted molar refractivity (Wildman–Crippen MR) is 87.5 cm³/mol. The van der Waals surface area contributed by atoms with Crippen molar-refractivity contribution in [3.8, 4) is 5.75 Å². The van der Waals surface area contributed by atoms with E-state index in [4.69, 9.17) is 4.74 Å². The van der Waals surface area contributed by atoms with Gasteiger partial charge in [-0.3, -0.25) is 4.79 Å². The molecule has 1 saturated heterocycles. The molecule has 2 aromatic carbocycles. The van der Waals surface area contributed by atoms with E-state index < -0.39 is 0 Å². The average molecular weight is 314 g/mol. The highest BCUT2D eigenvalue weighted by Crippen LogP contribution is 2.21. The quantitative estimate of drug-likeness (QED) is 0.873. The molecule has 0 spiro atoms. The van der Waals surface area contributed by atoms with Crippen molar-refractivity contribution in [2.75, 3.05) is 38.2 Å². The number of halogens is 1. The Balaban J connectivity index is 1.61. The fourth-order valence-electron chi connectivity index (χ4n) is 2.74. The number of piperazine rings is 1. The highest BCUT2D eigenvalue weighted by atomic mass is 19.1. The molecule has 120 valence electrons. The van der Waals surface area contributed by atoms with E-state index in [1.54, 1.807) is 7.11 Å². The van der Waals surface area contributed by atoms with Crippen LogP contribution in [0.25, 0.3) is 0 Å². The van der Waals surface area contributed by atoms with Crippen molar-refractivity contribution >= 4 is 11.6 Å². The first-order valence-corrected chi connectivity index (χ1v) is 7.61. The molecular weight excluding hydrogens is 295 g/mol. The molecule has 1 fully saturated rings. The Morgan fingerprint density at radius 2 is 1.57 bits per heavy atom. The van der Waals surface area contributed by atoms with E-state index in [2.05, 4.69) is 4.90 Å². The topological polar surface area (TPSA) is 32.8 Å². The number of benzene rings is 2. The third-order valence-corrected chi connectivity index (χ3v) is 4.10. The lowest BCUT2D eigenvalue weighted by atomic mass is 10.1. The van der Waals surface area contributed by atoms with Crippen molar-refractivity contribution in [3.05, 3.63) is 59.9 Å². The molecule has 5 heteroatoms. The van der Waals surface area contributed by atoms with Gasteiger partial charge in [-0.25, -0.2) is 4.39 Å². The molecule has 0 unspecified atom stereocenters. The number of amides is 1. The minimum atomic E-state index is -0.328. The second-order valence-corrected chi connectivity index (χ2v) is 5.48. The molecule has 0 radical (unpaired) electrons. The van der Waals surface area contributed by atoms with Crippen LogP contribution >= 0.6 is 0 Å². The van der Waals surface area contributed by atoms with Crippen molar-refractivity contribution < 1.29 is 13.9 Å². The Morgan fingerprint density at radius 3 is 2.13 bits per heavy atom. The molecule has 3 rings (SSSR count). The van der Waals surface area contributed by atoms with Gasteiger partial charge in [-0.1, -0.05) is 0 Å². The average Bonchev–Trinajstić information content (AvgIpc) is 2.62. The zero-order valence-corrected chi connectivity index (χ0v) is 13.0. The van der Waals surface area contributed by atoms with Crippen molar-refractivity contribution in [1.29, 1.82) is 0 Å². The van der Waals surface area contributed by atoms with E-state index in [0.29, 0.717) is 18.7 Å². The van der Waals surface area contributed by atoms with Crippen LogP contribution in [0.15, 0.2) is 48.5 Å². The van der Waals surface area contributed by atoms with Crippen LogP contribution in [0.5, 0.6) is 5.75 Å². The summed E-state index contributed by atoms with van der Waals surface area (Å²) >= 11 is 0. The summed E-state index contributed by atoms with van der Waals surface area (Å²) < 4.78 is 18.1. The van der Waals surface area contributed by atoms with Gasteiger partial charge in [-0.15, -0.1) is 0 Å². The highest BCUT2D eigenvalue weighted by Gasteiger charge is 2.22. The molecule has 1 aliphatic rings. The van der Waals surface area contributed by atoms with E-state index in [1.165, 1.54) is 24.3 Å². The number of hydrogen-bond acceptors (Lipinski definition) is 3. The maximum Gasteiger partial charge on any atom is 0.253 e. The Bertz CT molecular complexity index is 662. The van der Waals surface area contributed by atoms with Gasteiger partial charge in [-0.05, 0) is 48.5 Å². The first-order chi connectivity index (χ1) is 11.2. The minimum absolute atomic E-state index is 0.0422. The van der Waals surface area contributed by atoms with E-state index in [-0.39, 0.29) is 11.7 Å². The molecule has 4 nitrogen and oxygen atoms in total. The lowest BCUT2D eigenvalue weighted by Crippen LogP contribution is -2.48. The van der Waals surface area contributed by atoms with Gasteiger partial charge in [0.05, 0.1) is 7.11 Å². The van der Waals surface area contributed by atoms with Gasteiger partial charge >= 0.3 is 0 Å². The zero-order chi connectivity index (χ0) is 16.2. The van der Waals surface area contributed by atoms with Crippen LogP contribution < -0.4 is 9.64 Å². The Morgan fingerprint density at radius 1 is 0.957 bits per heavy atom. The molecule has 0 aliphatic carbocycles. The van der Waals surface area contributed by atoms with Gasteiger partial charge in [0, 0.05) is 37.4 Å². The van der Waals surface area contributed by atoms with Gasteiger partial charge in [0.25, 0.3) is 5.91 Å². The fourth-order valence-corrected chi connectivity index (χ4v) is 2.74. The van der Waals surface area contributed by atoms with Gasteiger partial charge in [0.15, 0.2) is 0 Å². The van der Waals surface area contributed by atoms with E-state index in [1.807, 2.05) is 29.2 Å². The number of carbonyl (C=O) groups excluding carboxylic acids is 1. The largest absolute Gasteiger partial charge is 0.497 e. The molecule has 0 saturated carbocycles. The van der Waals surface area contributed by atoms with Crippen molar-refractivity contribution in [2.24, 2.45) is 0 Å². The SMILES string of the molecule is COc1ccc(N2CCN(C(=O)c3ccc(F)cc3)CC2)cc1. The van der Waals surface area contributed by atoms with Crippen LogP contribution in [0.1, 0.15) is 10.4 Å². The fraction of sp³-hybridized carbons (Fsp3) is 0.278. The molecule has 2 aromatic rings. The molecule has 0 aromatic heterocycles. The number of methoxy groups -OCH3 is 1. The molecule has 0 atom stereocenters. The van der Waals surface area contributed by atoms with Gasteiger partial charge in [0.1, 0.15) is 11.6 Å². The van der Waals surface area contributed by atoms with E-state index >= 15 is 0 Å². The molecule has 23 heavy (non-hydrogen) atoms. The van der Waals surface area contributed by atoms with Gasteiger partial charge < -0.3 is 14.5 Å². The monoisotopic (exact) mass is 314 g/mol. The standard InChI is InChI=1S/C18H19FN2O2/c1-23-17-8-6-16(7-9-17)20-10-12-21(13-11-20)18(22)14-2-4-15(19)5-3-14/h2-9H,10-13H2,1H3. The maximum atomic E-state index is 12.9. The number of nitrogens with zero attached hydrogens (tertiary/aromatic N) is 2. The molecule has 1 heterocycles. The summed E-state index contributed by atoms with van der Waals surface area (Å²) in [6.07, 6.45) is 0. The van der Waals surface area contributed by atoms with Crippen LogP contribution in [0.3, 0.4) is 0 Å². The second kappa shape index (κ2) is 6.69. The lowest BCUT2D eigenvalue weighted by molar-refractivity contribution is 0.0746. The van der Waals surface area contributed by atoms with E-state index in [0.717, 1.165) is 24.5 Å². The molecule has 0 N–H and O–H groups in total. The normalized spacial score (nSPS) is 14.7. The van der Waals surface area contributed by atoms with Gasteiger partial charge in [-0.2, -0.15) is 0 Å². The van der Waals surface area contributed by atoms with E-state index in [9.17, 15) is 9.18 Å². The minimum Gasteiger partial charge on any atom is -0.497 e. The Hall–Kier alpha value is -2.56. The molecule has 0 bridgehead atoms. The number of hydrogen-bond donors (Lipinski definition) is 0. The van der Waals surface area contributed by atoms with Crippen LogP contribution in [-0.4, -0.2) is 44.1 Å². The van der Waals surface area contributed by atoms with Crippen LogP contribution in [0.2, 0.25) is 0 Å². The smallest absolute Gasteiger partial charge is 0.253 e. The third kappa shape index (κ3) is 3.44. The summed E-state index contributed by atoms with van der Waals surface area (Å²) in [7, 11) is 1.65. The van der Waals surface area contributed by atoms with Crippen LogP contribution in [0, 0.1) is 5.82 Å². The summed E-state index contributed by atoms with van der Waals surface area (Å²) in [6.45, 7) is 2.86. The molecular formula is C18H19FN2O2. The Labute approximate surface area is 135 Å². The van der Waals surface area contributed by atoms with Crippen LogP contribution in [-0.2, 0) is 0 Å². The number of rotatable bonds is 3. The third-order valence-electron chi connectivity index (χ3n) is 4.10. The first-order valence-electron chi connectivity index (χ1n) is 7.61. The lowest BCUT2D eigenvalue weighted by Gasteiger charge is -2.36. The first kappa shape index (κ1) is 15.3. The number of carbonyl (C=O) groups is 1. The zero-order valence-electron chi connectivity index (χ0n) is 13.0. The summed E-state index contributed by atoms with van der Waals surface area (Å²) in [6, 6.07) is 13.6. The van der Waals surface area contributed by atoms with Crippen molar-refractivity contribution in [3.63, 3.8) is 0 Å². The molecule has 1 amide bonds. The highest BCUT2D eigenvalue weighted by molar-refractivity contribution is 5.94. The number of ether oxygens (including phenoxy) is 1. The van der Waals surface area contributed by atoms with Crippen molar-refractivity contribution in [2.45, 2.75) is 0 Å². The summed E-state index contributed by atoms with van der Waals surface area (Å²) in [5, 5.41) is 0. The second-order valence-electron chi connectivity index (χ2n) is 5.48. The molecule has 1 aliphatic heterocycles. The summed E-state index contributed by atoms with van der Waals surface area (Å²) in [5.41, 5.74) is 1.66. The summed E-state index contributed by atoms with van der Waals surface area (Å²) in [5.74, 6) is 0.462. The maximum absolute atomic E-state index is 12.9. The summed E-state index contributed by atoms with van der Waals surface area (Å²) in [4.78, 5) is 16.5. The number of anilines is 1.